The van der Waals surface area contributed by atoms with Crippen LogP contribution in [0.2, 0.25) is 0 Å². The zero-order valence-corrected chi connectivity index (χ0v) is 16.0. The first-order valence-electron chi connectivity index (χ1n) is 9.55. The van der Waals surface area contributed by atoms with E-state index in [1.807, 2.05) is 42.7 Å². The first kappa shape index (κ1) is 16.4. The molecular weight excluding hydrogens is 350 g/mol. The van der Waals surface area contributed by atoms with Crippen LogP contribution in [-0.4, -0.2) is 28.6 Å². The van der Waals surface area contributed by atoms with Crippen LogP contribution in [0.4, 0.5) is 0 Å². The lowest BCUT2D eigenvalue weighted by Gasteiger charge is -2.32. The second-order valence-corrected chi connectivity index (χ2v) is 8.16. The van der Waals surface area contributed by atoms with Gasteiger partial charge in [0.15, 0.2) is 0 Å². The van der Waals surface area contributed by atoms with Crippen LogP contribution in [0.5, 0.6) is 0 Å². The number of hydrogen-bond acceptors (Lipinski definition) is 4. The molecule has 27 heavy (non-hydrogen) atoms. The number of thiophene rings is 1. The molecule has 0 N–H and O–H groups in total. The molecule has 0 radical (unpaired) electrons. The molecule has 2 aliphatic heterocycles. The Kier molecular flexibility index (Phi) is 4.31. The molecule has 3 nitrogen and oxygen atoms in total. The first-order chi connectivity index (χ1) is 13.4. The minimum Gasteiger partial charge on any atom is -0.326 e. The molecule has 1 aromatic carbocycles. The number of aliphatic imine (C=N–C) groups is 1. The van der Waals surface area contributed by atoms with Gasteiger partial charge in [-0.05, 0) is 37.1 Å². The Morgan fingerprint density at radius 1 is 1.00 bits per heavy atom. The van der Waals surface area contributed by atoms with Gasteiger partial charge in [-0.25, -0.2) is 0 Å². The largest absolute Gasteiger partial charge is 0.326 e. The van der Waals surface area contributed by atoms with Gasteiger partial charge in [-0.2, -0.15) is 0 Å². The summed E-state index contributed by atoms with van der Waals surface area (Å²) in [6.07, 6.45) is 11.4. The van der Waals surface area contributed by atoms with Gasteiger partial charge in [0.1, 0.15) is 5.82 Å². The van der Waals surface area contributed by atoms with E-state index in [1.54, 1.807) is 11.3 Å². The fourth-order valence-corrected chi connectivity index (χ4v) is 4.87. The summed E-state index contributed by atoms with van der Waals surface area (Å²) >= 11 is 1.78. The van der Waals surface area contributed by atoms with E-state index < -0.39 is 0 Å². The summed E-state index contributed by atoms with van der Waals surface area (Å²) in [5.41, 5.74) is 2.36. The fourth-order valence-electron chi connectivity index (χ4n) is 4.00. The maximum Gasteiger partial charge on any atom is 0.132 e. The highest BCUT2D eigenvalue weighted by atomic mass is 32.1. The van der Waals surface area contributed by atoms with Crippen molar-refractivity contribution in [2.24, 2.45) is 4.99 Å². The SMILES string of the molecule is C(#Cc1ccc(C2=CN3CC=NC=C3N2C2CCCC2)s1)c1ccccc1. The highest BCUT2D eigenvalue weighted by molar-refractivity contribution is 7.13. The molecule has 1 aromatic heterocycles. The van der Waals surface area contributed by atoms with E-state index in [0.29, 0.717) is 6.04 Å². The molecule has 2 aromatic rings. The summed E-state index contributed by atoms with van der Waals surface area (Å²) in [6, 6.07) is 15.1. The molecule has 1 aliphatic carbocycles. The molecule has 134 valence electrons. The zero-order chi connectivity index (χ0) is 18.1. The number of nitrogens with zero attached hydrogens (tertiary/aromatic N) is 3. The van der Waals surface area contributed by atoms with Crippen molar-refractivity contribution in [3.63, 3.8) is 0 Å². The minimum absolute atomic E-state index is 0.585. The molecule has 0 amide bonds. The van der Waals surface area contributed by atoms with Crippen LogP contribution >= 0.6 is 11.3 Å². The smallest absolute Gasteiger partial charge is 0.132 e. The van der Waals surface area contributed by atoms with Crippen molar-refractivity contribution < 1.29 is 0 Å². The Morgan fingerprint density at radius 3 is 2.70 bits per heavy atom. The normalized spacial score (nSPS) is 18.8. The number of hydrogen-bond donors (Lipinski definition) is 0. The molecule has 0 unspecified atom stereocenters. The summed E-state index contributed by atoms with van der Waals surface area (Å²) < 4.78 is 0. The van der Waals surface area contributed by atoms with E-state index in [0.717, 1.165) is 17.0 Å². The summed E-state index contributed by atoms with van der Waals surface area (Å²) in [5.74, 6) is 7.81. The Bertz CT molecular complexity index is 981. The van der Waals surface area contributed by atoms with Crippen molar-refractivity contribution >= 4 is 23.2 Å². The van der Waals surface area contributed by atoms with Gasteiger partial charge in [-0.1, -0.05) is 42.9 Å². The van der Waals surface area contributed by atoms with Crippen molar-refractivity contribution in [3.05, 3.63) is 76.0 Å². The van der Waals surface area contributed by atoms with Crippen LogP contribution in [0.3, 0.4) is 0 Å². The molecule has 3 heterocycles. The van der Waals surface area contributed by atoms with Gasteiger partial charge in [0.25, 0.3) is 0 Å². The fraction of sp³-hybridized carbons (Fsp3) is 0.261. The molecule has 3 aliphatic rings. The topological polar surface area (TPSA) is 18.8 Å². The van der Waals surface area contributed by atoms with Crippen LogP contribution in [0, 0.1) is 11.8 Å². The second kappa shape index (κ2) is 7.09. The van der Waals surface area contributed by atoms with Crippen molar-refractivity contribution in [1.82, 2.24) is 9.80 Å². The van der Waals surface area contributed by atoms with Crippen molar-refractivity contribution in [2.75, 3.05) is 6.54 Å². The lowest BCUT2D eigenvalue weighted by Crippen LogP contribution is -2.33. The van der Waals surface area contributed by atoms with Gasteiger partial charge >= 0.3 is 0 Å². The highest BCUT2D eigenvalue weighted by Gasteiger charge is 2.35. The van der Waals surface area contributed by atoms with E-state index in [4.69, 9.17) is 0 Å². The van der Waals surface area contributed by atoms with E-state index in [-0.39, 0.29) is 0 Å². The minimum atomic E-state index is 0.585. The van der Waals surface area contributed by atoms with Crippen molar-refractivity contribution in [2.45, 2.75) is 31.7 Å². The third-order valence-electron chi connectivity index (χ3n) is 5.30. The summed E-state index contributed by atoms with van der Waals surface area (Å²) in [6.45, 7) is 0.852. The van der Waals surface area contributed by atoms with Crippen molar-refractivity contribution in [1.29, 1.82) is 0 Å². The van der Waals surface area contributed by atoms with Crippen LogP contribution in [0.1, 0.15) is 41.0 Å². The summed E-state index contributed by atoms with van der Waals surface area (Å²) in [7, 11) is 0. The monoisotopic (exact) mass is 371 g/mol. The quantitative estimate of drug-likeness (QED) is 0.700. The molecule has 4 heteroatoms. The third kappa shape index (κ3) is 3.20. The first-order valence-corrected chi connectivity index (χ1v) is 10.4. The molecule has 1 fully saturated rings. The summed E-state index contributed by atoms with van der Waals surface area (Å²) in [4.78, 5) is 11.6. The standard InChI is InChI=1S/C23H21N3S/c1-2-6-18(7-3-1)10-11-20-12-13-22(27-20)21-17-25-15-14-24-16-23(25)26(21)19-8-4-5-9-19/h1-3,6-7,12-14,16-17,19H,4-5,8-9,15H2. The molecule has 0 saturated heterocycles. The average Bonchev–Trinajstić information content (AvgIpc) is 3.45. The Morgan fingerprint density at radius 2 is 1.85 bits per heavy atom. The van der Waals surface area contributed by atoms with E-state index in [9.17, 15) is 0 Å². The maximum absolute atomic E-state index is 4.42. The number of benzene rings is 1. The molecule has 5 rings (SSSR count). The Labute approximate surface area is 164 Å². The molecule has 0 spiro atoms. The predicted molar refractivity (Wildman–Crippen MR) is 112 cm³/mol. The second-order valence-electron chi connectivity index (χ2n) is 7.07. The Hall–Kier alpha value is -2.77. The lowest BCUT2D eigenvalue weighted by molar-refractivity contribution is 0.310. The maximum atomic E-state index is 4.42. The molecular formula is C23H21N3S. The molecule has 0 bridgehead atoms. The Balaban J connectivity index is 1.45. The van der Waals surface area contributed by atoms with Crippen molar-refractivity contribution in [3.8, 4) is 11.8 Å². The summed E-state index contributed by atoms with van der Waals surface area (Å²) in [5, 5.41) is 0. The zero-order valence-electron chi connectivity index (χ0n) is 15.1. The van der Waals surface area contributed by atoms with Crippen LogP contribution in [0.25, 0.3) is 5.70 Å². The van der Waals surface area contributed by atoms with E-state index in [1.165, 1.54) is 42.1 Å². The van der Waals surface area contributed by atoms with Gasteiger partial charge < -0.3 is 9.80 Å². The van der Waals surface area contributed by atoms with E-state index >= 15 is 0 Å². The molecule has 0 atom stereocenters. The van der Waals surface area contributed by atoms with E-state index in [2.05, 4.69) is 45.0 Å². The lowest BCUT2D eigenvalue weighted by atomic mass is 10.2. The van der Waals surface area contributed by atoms with Gasteiger partial charge in [-0.15, -0.1) is 11.3 Å². The van der Waals surface area contributed by atoms with Gasteiger partial charge in [0, 0.05) is 24.0 Å². The average molecular weight is 372 g/mol. The predicted octanol–water partition coefficient (Wildman–Crippen LogP) is 4.89. The van der Waals surface area contributed by atoms with Gasteiger partial charge in [0.05, 0.1) is 28.2 Å². The number of rotatable bonds is 2. The van der Waals surface area contributed by atoms with Crippen LogP contribution in [0.15, 0.2) is 65.7 Å². The highest BCUT2D eigenvalue weighted by Crippen LogP contribution is 2.41. The third-order valence-corrected chi connectivity index (χ3v) is 6.33. The van der Waals surface area contributed by atoms with Crippen LogP contribution in [-0.2, 0) is 0 Å². The number of fused-ring (bicyclic) bond motifs is 1. The van der Waals surface area contributed by atoms with Crippen LogP contribution < -0.4 is 0 Å². The van der Waals surface area contributed by atoms with Gasteiger partial charge in [-0.3, -0.25) is 4.99 Å². The molecule has 1 saturated carbocycles. The van der Waals surface area contributed by atoms with Gasteiger partial charge in [0.2, 0.25) is 0 Å².